The van der Waals surface area contributed by atoms with Crippen LogP contribution in [0, 0.1) is 0 Å². The average Bonchev–Trinajstić information content (AvgIpc) is 3.18. The van der Waals surface area contributed by atoms with E-state index in [-0.39, 0.29) is 24.0 Å². The predicted octanol–water partition coefficient (Wildman–Crippen LogP) is 3.06. The molecule has 0 aliphatic rings. The van der Waals surface area contributed by atoms with E-state index in [4.69, 9.17) is 0 Å². The summed E-state index contributed by atoms with van der Waals surface area (Å²) in [6.45, 7) is 5.34. The van der Waals surface area contributed by atoms with Crippen LogP contribution in [0.1, 0.15) is 25.0 Å². The molecule has 0 saturated heterocycles. The Hall–Kier alpha value is -2.46. The topological polar surface area (TPSA) is 87.4 Å². The van der Waals surface area contributed by atoms with E-state index in [0.717, 1.165) is 28.9 Å². The van der Waals surface area contributed by atoms with Crippen LogP contribution in [0.4, 0.5) is 0 Å². The van der Waals surface area contributed by atoms with E-state index in [1.807, 2.05) is 56.6 Å². The van der Waals surface area contributed by atoms with Crippen molar-refractivity contribution in [2.45, 2.75) is 26.0 Å². The molecule has 3 rings (SSSR count). The first kappa shape index (κ1) is 23.8. The van der Waals surface area contributed by atoms with E-state index in [9.17, 15) is 5.11 Å². The van der Waals surface area contributed by atoms with Crippen LogP contribution in [0.5, 0.6) is 0 Å². The van der Waals surface area contributed by atoms with Gasteiger partial charge in [0.25, 0.3) is 0 Å². The highest BCUT2D eigenvalue weighted by Gasteiger charge is 2.24. The van der Waals surface area contributed by atoms with E-state index in [1.165, 1.54) is 0 Å². The third kappa shape index (κ3) is 6.53. The van der Waals surface area contributed by atoms with E-state index < -0.39 is 5.60 Å². The van der Waals surface area contributed by atoms with E-state index in [2.05, 4.69) is 31.8 Å². The SMILES string of the molecule is CCNC(=NCc1cccc(-c2ccccn2)c1)NCC(C)(O)c1cnn(C)c1.I. The average molecular weight is 520 g/mol. The van der Waals surface area contributed by atoms with Gasteiger partial charge in [0.05, 0.1) is 25.0 Å². The molecular formula is C22H29IN6O. The third-order valence-electron chi connectivity index (χ3n) is 4.58. The van der Waals surface area contributed by atoms with Crippen molar-refractivity contribution in [2.75, 3.05) is 13.1 Å². The molecular weight excluding hydrogens is 491 g/mol. The van der Waals surface area contributed by atoms with Crippen LogP contribution in [-0.4, -0.2) is 38.9 Å². The fourth-order valence-corrected chi connectivity index (χ4v) is 2.93. The van der Waals surface area contributed by atoms with Gasteiger partial charge < -0.3 is 15.7 Å². The summed E-state index contributed by atoms with van der Waals surface area (Å²) < 4.78 is 1.68. The number of benzene rings is 1. The summed E-state index contributed by atoms with van der Waals surface area (Å²) in [5.41, 5.74) is 2.80. The molecule has 3 N–H and O–H groups in total. The summed E-state index contributed by atoms with van der Waals surface area (Å²) in [6, 6.07) is 14.1. The Morgan fingerprint density at radius 1 is 1.20 bits per heavy atom. The first-order chi connectivity index (χ1) is 14.0. The van der Waals surface area contributed by atoms with E-state index >= 15 is 0 Å². The first-order valence-electron chi connectivity index (χ1n) is 9.72. The second kappa shape index (κ2) is 11.1. The number of rotatable bonds is 7. The molecule has 7 nitrogen and oxygen atoms in total. The number of pyridine rings is 1. The molecule has 1 aromatic carbocycles. The Balaban J connectivity index is 0.00000320. The molecule has 0 saturated carbocycles. The largest absolute Gasteiger partial charge is 0.383 e. The van der Waals surface area contributed by atoms with Crippen molar-refractivity contribution >= 4 is 29.9 Å². The fraction of sp³-hybridized carbons (Fsp3) is 0.318. The van der Waals surface area contributed by atoms with Crippen molar-refractivity contribution in [3.63, 3.8) is 0 Å². The van der Waals surface area contributed by atoms with Crippen LogP contribution < -0.4 is 10.6 Å². The number of nitrogens with one attached hydrogen (secondary N) is 2. The Labute approximate surface area is 194 Å². The molecule has 1 unspecified atom stereocenters. The monoisotopic (exact) mass is 520 g/mol. The molecule has 0 aliphatic heterocycles. The zero-order valence-corrected chi connectivity index (χ0v) is 19.9. The highest BCUT2D eigenvalue weighted by atomic mass is 127. The van der Waals surface area contributed by atoms with Gasteiger partial charge in [-0.25, -0.2) is 4.99 Å². The maximum atomic E-state index is 10.8. The van der Waals surface area contributed by atoms with Crippen LogP contribution in [0.15, 0.2) is 66.0 Å². The van der Waals surface area contributed by atoms with E-state index in [1.54, 1.807) is 24.0 Å². The zero-order valence-electron chi connectivity index (χ0n) is 17.5. The van der Waals surface area contributed by atoms with Crippen molar-refractivity contribution in [2.24, 2.45) is 12.0 Å². The van der Waals surface area contributed by atoms with Crippen molar-refractivity contribution in [1.82, 2.24) is 25.4 Å². The minimum atomic E-state index is -1.05. The number of halogens is 1. The van der Waals surface area contributed by atoms with Crippen molar-refractivity contribution in [1.29, 1.82) is 0 Å². The summed E-state index contributed by atoms with van der Waals surface area (Å²) >= 11 is 0. The molecule has 0 amide bonds. The minimum absolute atomic E-state index is 0. The normalized spacial score (nSPS) is 13.3. The quantitative estimate of drug-likeness (QED) is 0.253. The maximum absolute atomic E-state index is 10.8. The second-order valence-electron chi connectivity index (χ2n) is 7.14. The van der Waals surface area contributed by atoms with Crippen LogP contribution >= 0.6 is 24.0 Å². The smallest absolute Gasteiger partial charge is 0.191 e. The number of aromatic nitrogens is 3. The first-order valence-corrected chi connectivity index (χ1v) is 9.72. The van der Waals surface area contributed by atoms with Gasteiger partial charge in [0.15, 0.2) is 5.96 Å². The number of aryl methyl sites for hydroxylation is 1. The number of aliphatic hydroxyl groups is 1. The highest BCUT2D eigenvalue weighted by molar-refractivity contribution is 14.0. The van der Waals surface area contributed by atoms with Crippen LogP contribution in [0.3, 0.4) is 0 Å². The van der Waals surface area contributed by atoms with Gasteiger partial charge in [0.1, 0.15) is 5.60 Å². The highest BCUT2D eigenvalue weighted by Crippen LogP contribution is 2.19. The fourth-order valence-electron chi connectivity index (χ4n) is 2.93. The number of aliphatic imine (C=N–C) groups is 1. The van der Waals surface area contributed by atoms with Gasteiger partial charge >= 0.3 is 0 Å². The molecule has 3 aromatic rings. The van der Waals surface area contributed by atoms with Crippen molar-refractivity contribution in [3.8, 4) is 11.3 Å². The summed E-state index contributed by atoms with van der Waals surface area (Å²) in [4.78, 5) is 9.07. The van der Waals surface area contributed by atoms with Gasteiger partial charge in [0.2, 0.25) is 0 Å². The molecule has 0 aliphatic carbocycles. The standard InChI is InChI=1S/C22H28N6O.HI/c1-4-23-21(26-16-22(2,29)19-14-27-28(3)15-19)25-13-17-8-7-9-18(12-17)20-10-5-6-11-24-20;/h5-12,14-15,29H,4,13,16H2,1-3H3,(H2,23,25,26);1H. The van der Waals surface area contributed by atoms with Crippen LogP contribution in [-0.2, 0) is 19.2 Å². The van der Waals surface area contributed by atoms with E-state index in [0.29, 0.717) is 19.0 Å². The maximum Gasteiger partial charge on any atom is 0.191 e. The second-order valence-corrected chi connectivity index (χ2v) is 7.14. The Morgan fingerprint density at radius 3 is 2.70 bits per heavy atom. The molecule has 2 aromatic heterocycles. The molecule has 0 fully saturated rings. The summed E-state index contributed by atoms with van der Waals surface area (Å²) in [7, 11) is 1.83. The van der Waals surface area contributed by atoms with Crippen LogP contribution in [0.25, 0.3) is 11.3 Å². The lowest BCUT2D eigenvalue weighted by molar-refractivity contribution is 0.0616. The summed E-state index contributed by atoms with van der Waals surface area (Å²) in [6.07, 6.45) is 5.28. The minimum Gasteiger partial charge on any atom is -0.383 e. The van der Waals surface area contributed by atoms with Gasteiger partial charge in [-0.2, -0.15) is 5.10 Å². The Morgan fingerprint density at radius 2 is 2.03 bits per heavy atom. The molecule has 0 bridgehead atoms. The number of hydrogen-bond donors (Lipinski definition) is 3. The predicted molar refractivity (Wildman–Crippen MR) is 131 cm³/mol. The third-order valence-corrected chi connectivity index (χ3v) is 4.58. The molecule has 1 atom stereocenters. The van der Waals surface area contributed by atoms with Crippen LogP contribution in [0.2, 0.25) is 0 Å². The Bertz CT molecular complexity index is 955. The lowest BCUT2D eigenvalue weighted by Crippen LogP contribution is -2.44. The molecule has 0 radical (unpaired) electrons. The number of guanidine groups is 1. The lowest BCUT2D eigenvalue weighted by Gasteiger charge is -2.23. The molecule has 2 heterocycles. The lowest BCUT2D eigenvalue weighted by atomic mass is 10.00. The Kier molecular flexibility index (Phi) is 8.79. The molecule has 8 heteroatoms. The van der Waals surface area contributed by atoms with Crippen molar-refractivity contribution in [3.05, 3.63) is 72.2 Å². The molecule has 160 valence electrons. The van der Waals surface area contributed by atoms with Gasteiger partial charge in [-0.15, -0.1) is 24.0 Å². The van der Waals surface area contributed by atoms with Gasteiger partial charge in [-0.05, 0) is 37.6 Å². The molecule has 0 spiro atoms. The van der Waals surface area contributed by atoms with Gasteiger partial charge in [0, 0.05) is 37.1 Å². The van der Waals surface area contributed by atoms with Gasteiger partial charge in [-0.3, -0.25) is 9.67 Å². The number of hydrogen-bond acceptors (Lipinski definition) is 4. The van der Waals surface area contributed by atoms with Crippen molar-refractivity contribution < 1.29 is 5.11 Å². The molecule has 30 heavy (non-hydrogen) atoms. The van der Waals surface area contributed by atoms with Gasteiger partial charge in [-0.1, -0.05) is 24.3 Å². The zero-order chi connectivity index (χ0) is 20.7. The summed E-state index contributed by atoms with van der Waals surface area (Å²) in [5, 5.41) is 21.3. The number of nitrogens with zero attached hydrogens (tertiary/aromatic N) is 4. The summed E-state index contributed by atoms with van der Waals surface area (Å²) in [5.74, 6) is 0.653.